The summed E-state index contributed by atoms with van der Waals surface area (Å²) in [5, 5.41) is 0. The maximum absolute atomic E-state index is 12.8. The molecule has 3 N–H and O–H groups in total. The zero-order valence-corrected chi connectivity index (χ0v) is 62.7. The van der Waals surface area contributed by atoms with E-state index < -0.39 is 26.5 Å². The van der Waals surface area contributed by atoms with Gasteiger partial charge >= 0.3 is 19.8 Å². The lowest BCUT2D eigenvalue weighted by atomic mass is 10.0. The van der Waals surface area contributed by atoms with Crippen LogP contribution >= 0.6 is 7.82 Å². The number of rotatable bonds is 78. The minimum atomic E-state index is -4.40. The van der Waals surface area contributed by atoms with Crippen molar-refractivity contribution in [1.82, 2.24) is 0 Å². The van der Waals surface area contributed by atoms with Crippen LogP contribution < -0.4 is 5.73 Å². The van der Waals surface area contributed by atoms with Gasteiger partial charge in [0.1, 0.15) is 6.61 Å². The van der Waals surface area contributed by atoms with Crippen molar-refractivity contribution in [2.75, 3.05) is 26.4 Å². The number of phosphoric acid groups is 1. The fourth-order valence-electron chi connectivity index (χ4n) is 12.3. The number of hydrogen-bond donors (Lipinski definition) is 2. The Balaban J connectivity index is 3.74. The molecule has 0 aromatic heterocycles. The van der Waals surface area contributed by atoms with Crippen LogP contribution in [0.25, 0.3) is 0 Å². The van der Waals surface area contributed by atoms with Crippen molar-refractivity contribution in [3.8, 4) is 0 Å². The lowest BCUT2D eigenvalue weighted by Crippen LogP contribution is -2.29. The second kappa shape index (κ2) is 78.7. The SMILES string of the molecule is CCCCCCC/C=C\C/C=C\C/C=C\CCCCCCCCCCCCCCCCCCC(=O)OC(COC(=O)CCCCCCCCCCCCCCCCCCCCCCCCCCCCCCC/C=C\C/C=C\CCCCCCC)COP(=O)(O)OCCN. The highest BCUT2D eigenvalue weighted by Gasteiger charge is 2.26. The predicted octanol–water partition coefficient (Wildman–Crippen LogP) is 27.3. The Labute approximate surface area is 578 Å². The van der Waals surface area contributed by atoms with Crippen molar-refractivity contribution in [3.63, 3.8) is 0 Å². The fraction of sp³-hybridized carbons (Fsp3) is 0.855. The predicted molar refractivity (Wildman–Crippen MR) is 404 cm³/mol. The van der Waals surface area contributed by atoms with Crippen molar-refractivity contribution in [2.45, 2.75) is 431 Å². The van der Waals surface area contributed by atoms with Crippen LogP contribution in [0.4, 0.5) is 0 Å². The van der Waals surface area contributed by atoms with E-state index in [1.165, 1.54) is 340 Å². The molecule has 9 nitrogen and oxygen atoms in total. The van der Waals surface area contributed by atoms with Gasteiger partial charge in [-0.1, -0.05) is 389 Å². The molecule has 546 valence electrons. The van der Waals surface area contributed by atoms with Gasteiger partial charge in [-0.2, -0.15) is 0 Å². The Morgan fingerprint density at radius 2 is 0.559 bits per heavy atom. The van der Waals surface area contributed by atoms with Crippen LogP contribution in [0.2, 0.25) is 0 Å². The molecule has 0 radical (unpaired) electrons. The van der Waals surface area contributed by atoms with Gasteiger partial charge in [-0.3, -0.25) is 18.6 Å². The number of nitrogens with two attached hydrogens (primary N) is 1. The highest BCUT2D eigenvalue weighted by Crippen LogP contribution is 2.43. The van der Waals surface area contributed by atoms with E-state index in [4.69, 9.17) is 24.3 Å². The van der Waals surface area contributed by atoms with Crippen LogP contribution in [-0.4, -0.2) is 49.3 Å². The molecule has 0 aliphatic carbocycles. The summed E-state index contributed by atoms with van der Waals surface area (Å²) in [6.07, 6.45) is 104. The molecule has 0 aromatic carbocycles. The molecule has 0 saturated heterocycles. The van der Waals surface area contributed by atoms with E-state index in [0.717, 1.165) is 51.4 Å². The third-order valence-electron chi connectivity index (χ3n) is 18.4. The van der Waals surface area contributed by atoms with Crippen LogP contribution in [-0.2, 0) is 32.7 Å². The van der Waals surface area contributed by atoms with Crippen molar-refractivity contribution >= 4 is 19.8 Å². The number of unbranched alkanes of at least 4 members (excludes halogenated alkanes) is 55. The van der Waals surface area contributed by atoms with Gasteiger partial charge in [0.25, 0.3) is 0 Å². The minimum absolute atomic E-state index is 0.0549. The van der Waals surface area contributed by atoms with Crippen molar-refractivity contribution in [3.05, 3.63) is 60.8 Å². The summed E-state index contributed by atoms with van der Waals surface area (Å²) < 4.78 is 33.3. The van der Waals surface area contributed by atoms with E-state index in [-0.39, 0.29) is 38.6 Å². The van der Waals surface area contributed by atoms with Gasteiger partial charge in [0.2, 0.25) is 0 Å². The van der Waals surface area contributed by atoms with E-state index >= 15 is 0 Å². The van der Waals surface area contributed by atoms with Gasteiger partial charge in [0, 0.05) is 19.4 Å². The maximum Gasteiger partial charge on any atom is 0.472 e. The molecule has 0 saturated carbocycles. The number of phosphoric ester groups is 1. The number of carbonyl (C=O) groups is 2. The molecule has 0 rings (SSSR count). The largest absolute Gasteiger partial charge is 0.472 e. The van der Waals surface area contributed by atoms with Gasteiger partial charge in [-0.25, -0.2) is 4.57 Å². The average molecular weight is 1330 g/mol. The summed E-state index contributed by atoms with van der Waals surface area (Å²) in [5.41, 5.74) is 5.42. The first-order chi connectivity index (χ1) is 45.8. The molecule has 2 unspecified atom stereocenters. The minimum Gasteiger partial charge on any atom is -0.462 e. The molecular weight excluding hydrogens is 1170 g/mol. The monoisotopic (exact) mass is 1330 g/mol. The lowest BCUT2D eigenvalue weighted by Gasteiger charge is -2.19. The fourth-order valence-corrected chi connectivity index (χ4v) is 13.1. The first kappa shape index (κ1) is 90.7. The molecule has 0 aliphatic heterocycles. The van der Waals surface area contributed by atoms with E-state index in [9.17, 15) is 19.0 Å². The second-order valence-electron chi connectivity index (χ2n) is 27.6. The summed E-state index contributed by atoms with van der Waals surface area (Å²) in [7, 11) is -4.40. The van der Waals surface area contributed by atoms with Gasteiger partial charge in [0.05, 0.1) is 13.2 Å². The first-order valence-electron chi connectivity index (χ1n) is 40.8. The van der Waals surface area contributed by atoms with E-state index in [1.54, 1.807) is 0 Å². The Hall–Kier alpha value is -2.29. The zero-order valence-electron chi connectivity index (χ0n) is 61.8. The Morgan fingerprint density at radius 3 is 0.828 bits per heavy atom. The average Bonchev–Trinajstić information content (AvgIpc) is 3.70. The number of esters is 2. The number of ether oxygens (including phenoxy) is 2. The molecule has 0 spiro atoms. The van der Waals surface area contributed by atoms with Crippen LogP contribution in [0, 0.1) is 0 Å². The quantitative estimate of drug-likeness (QED) is 0.0264. The standard InChI is InChI=1S/C83H156NO8P/c1-3-5-7-9-11-13-15-17-19-21-23-25-27-29-31-33-35-36-37-38-39-40-41-42-43-44-46-47-49-51-53-55-57-59-61-63-65-67-69-71-73-75-82(85)89-79-81(80-91-93(87,88)90-78-77-84)92-83(86)76-74-72-70-68-66-64-62-60-58-56-54-52-50-48-45-34-32-30-28-26-24-22-20-18-16-14-12-10-8-6-4-2/h15-18,21-24,28,30,81H,3-14,19-20,25-27,29,31-80,84H2,1-2H3,(H,87,88)/b17-15-,18-16-,23-21-,24-22-,30-28-. The van der Waals surface area contributed by atoms with Gasteiger partial charge < -0.3 is 20.1 Å². The maximum atomic E-state index is 12.8. The van der Waals surface area contributed by atoms with E-state index in [0.29, 0.717) is 6.42 Å². The smallest absolute Gasteiger partial charge is 0.462 e. The highest BCUT2D eigenvalue weighted by atomic mass is 31.2. The number of allylic oxidation sites excluding steroid dienone is 10. The van der Waals surface area contributed by atoms with Crippen LogP contribution in [0.5, 0.6) is 0 Å². The van der Waals surface area contributed by atoms with Gasteiger partial charge in [-0.05, 0) is 83.5 Å². The summed E-state index contributed by atoms with van der Waals surface area (Å²) >= 11 is 0. The van der Waals surface area contributed by atoms with Gasteiger partial charge in [-0.15, -0.1) is 0 Å². The van der Waals surface area contributed by atoms with Crippen molar-refractivity contribution in [1.29, 1.82) is 0 Å². The Kier molecular flexibility index (Phi) is 76.8. The third-order valence-corrected chi connectivity index (χ3v) is 19.4. The summed E-state index contributed by atoms with van der Waals surface area (Å²) in [6.45, 7) is 3.79. The number of carbonyl (C=O) groups excluding carboxylic acids is 2. The summed E-state index contributed by atoms with van der Waals surface area (Å²) in [4.78, 5) is 35.5. The molecule has 0 fully saturated rings. The Morgan fingerprint density at radius 1 is 0.323 bits per heavy atom. The lowest BCUT2D eigenvalue weighted by molar-refractivity contribution is -0.161. The third kappa shape index (κ3) is 78.6. The van der Waals surface area contributed by atoms with Gasteiger partial charge in [0.15, 0.2) is 6.10 Å². The normalized spacial score (nSPS) is 13.1. The van der Waals surface area contributed by atoms with E-state index in [1.807, 2.05) is 0 Å². The Bertz CT molecular complexity index is 1710. The molecule has 0 amide bonds. The molecule has 0 aliphatic rings. The topological polar surface area (TPSA) is 134 Å². The van der Waals surface area contributed by atoms with Crippen LogP contribution in [0.15, 0.2) is 60.8 Å². The van der Waals surface area contributed by atoms with Crippen LogP contribution in [0.3, 0.4) is 0 Å². The molecular formula is C83H156NO8P. The highest BCUT2D eigenvalue weighted by molar-refractivity contribution is 7.47. The zero-order chi connectivity index (χ0) is 67.2. The van der Waals surface area contributed by atoms with Crippen LogP contribution in [0.1, 0.15) is 425 Å². The van der Waals surface area contributed by atoms with E-state index in [2.05, 4.69) is 74.6 Å². The van der Waals surface area contributed by atoms with Crippen molar-refractivity contribution in [2.24, 2.45) is 5.73 Å². The molecule has 0 aromatic rings. The van der Waals surface area contributed by atoms with Crippen molar-refractivity contribution < 1.29 is 37.6 Å². The molecule has 2 atom stereocenters. The summed E-state index contributed by atoms with van der Waals surface area (Å²) in [5.74, 6) is -0.805. The first-order valence-corrected chi connectivity index (χ1v) is 42.3. The number of hydrogen-bond acceptors (Lipinski definition) is 8. The molecule has 93 heavy (non-hydrogen) atoms. The molecule has 10 heteroatoms. The summed E-state index contributed by atoms with van der Waals surface area (Å²) in [6, 6.07) is 0. The molecule has 0 heterocycles. The second-order valence-corrected chi connectivity index (χ2v) is 29.1. The molecule has 0 bridgehead atoms.